The van der Waals surface area contributed by atoms with Crippen LogP contribution in [0.1, 0.15) is 29.7 Å². The zero-order chi connectivity index (χ0) is 14.2. The average molecular weight is 270 g/mol. The quantitative estimate of drug-likeness (QED) is 0.787. The van der Waals surface area contributed by atoms with Crippen molar-refractivity contribution in [3.63, 3.8) is 0 Å². The maximum atomic E-state index is 5.69. The number of hydrogen-bond acceptors (Lipinski definition) is 3. The van der Waals surface area contributed by atoms with Crippen LogP contribution in [0.3, 0.4) is 0 Å². The molecule has 0 amide bonds. The Morgan fingerprint density at radius 3 is 2.60 bits per heavy atom. The van der Waals surface area contributed by atoms with Gasteiger partial charge in [-0.2, -0.15) is 0 Å². The predicted molar refractivity (Wildman–Crippen MR) is 81.5 cm³/mol. The van der Waals surface area contributed by atoms with Gasteiger partial charge in [-0.3, -0.25) is 4.98 Å². The summed E-state index contributed by atoms with van der Waals surface area (Å²) in [6.07, 6.45) is 2.66. The number of nitrogens with zero attached hydrogens (tertiary/aromatic N) is 1. The van der Waals surface area contributed by atoms with Crippen LogP contribution in [0.2, 0.25) is 0 Å². The molecule has 1 unspecified atom stereocenters. The average Bonchev–Trinajstić information content (AvgIpc) is 2.52. The Hall–Kier alpha value is -1.71. The number of benzene rings is 1. The Labute approximate surface area is 120 Å². The summed E-state index contributed by atoms with van der Waals surface area (Å²) in [5.41, 5.74) is 9.21. The molecule has 20 heavy (non-hydrogen) atoms. The fourth-order valence-corrected chi connectivity index (χ4v) is 1.99. The van der Waals surface area contributed by atoms with Crippen molar-refractivity contribution in [3.8, 4) is 0 Å². The molecule has 1 heterocycles. The van der Waals surface area contributed by atoms with E-state index < -0.39 is 0 Å². The smallest absolute Gasteiger partial charge is 0.0717 e. The van der Waals surface area contributed by atoms with Gasteiger partial charge in [0.05, 0.1) is 13.2 Å². The van der Waals surface area contributed by atoms with Gasteiger partial charge in [0, 0.05) is 18.3 Å². The van der Waals surface area contributed by atoms with Gasteiger partial charge in [0.25, 0.3) is 0 Å². The highest BCUT2D eigenvalue weighted by Gasteiger charge is 2.02. The lowest BCUT2D eigenvalue weighted by Gasteiger charge is -2.10. The Kier molecular flexibility index (Phi) is 5.71. The van der Waals surface area contributed by atoms with Crippen molar-refractivity contribution in [3.05, 3.63) is 65.5 Å². The standard InChI is InChI=1S/C17H22N2O/c1-14(12-18)16-7-5-15(6-8-16)13-20-11-9-17-4-2-3-10-19-17/h2-8,10,14H,9,11-13,18H2,1H3. The fraction of sp³-hybridized carbons (Fsp3) is 0.353. The van der Waals surface area contributed by atoms with Crippen molar-refractivity contribution in [2.45, 2.75) is 25.9 Å². The van der Waals surface area contributed by atoms with Crippen LogP contribution >= 0.6 is 0 Å². The molecule has 0 fully saturated rings. The summed E-state index contributed by atoms with van der Waals surface area (Å²) in [5, 5.41) is 0. The van der Waals surface area contributed by atoms with Crippen molar-refractivity contribution >= 4 is 0 Å². The topological polar surface area (TPSA) is 48.1 Å². The minimum Gasteiger partial charge on any atom is -0.376 e. The van der Waals surface area contributed by atoms with E-state index in [1.54, 1.807) is 0 Å². The Bertz CT molecular complexity index is 496. The first kappa shape index (κ1) is 14.7. The van der Waals surface area contributed by atoms with Gasteiger partial charge in [-0.05, 0) is 35.7 Å². The van der Waals surface area contributed by atoms with E-state index in [-0.39, 0.29) is 0 Å². The van der Waals surface area contributed by atoms with Gasteiger partial charge in [0.2, 0.25) is 0 Å². The lowest BCUT2D eigenvalue weighted by Crippen LogP contribution is -2.08. The molecule has 3 nitrogen and oxygen atoms in total. The van der Waals surface area contributed by atoms with Gasteiger partial charge in [-0.25, -0.2) is 0 Å². The molecule has 0 aliphatic carbocycles. The molecule has 0 spiro atoms. The molecular weight excluding hydrogens is 248 g/mol. The van der Waals surface area contributed by atoms with E-state index in [0.29, 0.717) is 25.7 Å². The largest absolute Gasteiger partial charge is 0.376 e. The SMILES string of the molecule is CC(CN)c1ccc(COCCc2ccccn2)cc1. The van der Waals surface area contributed by atoms with E-state index in [9.17, 15) is 0 Å². The molecule has 1 aromatic heterocycles. The first-order chi connectivity index (χ1) is 9.79. The van der Waals surface area contributed by atoms with Crippen LogP contribution in [0, 0.1) is 0 Å². The van der Waals surface area contributed by atoms with Crippen LogP contribution in [0.25, 0.3) is 0 Å². The van der Waals surface area contributed by atoms with Crippen LogP contribution in [0.4, 0.5) is 0 Å². The van der Waals surface area contributed by atoms with Crippen molar-refractivity contribution in [1.29, 1.82) is 0 Å². The molecule has 2 aromatic rings. The summed E-state index contributed by atoms with van der Waals surface area (Å²) < 4.78 is 5.69. The predicted octanol–water partition coefficient (Wildman–Crippen LogP) is 2.90. The van der Waals surface area contributed by atoms with E-state index >= 15 is 0 Å². The second kappa shape index (κ2) is 7.78. The summed E-state index contributed by atoms with van der Waals surface area (Å²) in [6.45, 7) is 4.15. The number of nitrogens with two attached hydrogens (primary N) is 1. The lowest BCUT2D eigenvalue weighted by atomic mass is 10.0. The summed E-state index contributed by atoms with van der Waals surface area (Å²) in [4.78, 5) is 4.27. The van der Waals surface area contributed by atoms with E-state index in [0.717, 1.165) is 12.1 Å². The molecule has 0 aliphatic heterocycles. The zero-order valence-corrected chi connectivity index (χ0v) is 12.0. The molecule has 0 radical (unpaired) electrons. The summed E-state index contributed by atoms with van der Waals surface area (Å²) in [7, 11) is 0. The number of hydrogen-bond donors (Lipinski definition) is 1. The lowest BCUT2D eigenvalue weighted by molar-refractivity contribution is 0.123. The molecule has 0 saturated carbocycles. The number of pyridine rings is 1. The highest BCUT2D eigenvalue weighted by atomic mass is 16.5. The van der Waals surface area contributed by atoms with Crippen molar-refractivity contribution in [2.75, 3.05) is 13.2 Å². The summed E-state index contributed by atoms with van der Waals surface area (Å²) in [6, 6.07) is 14.4. The van der Waals surface area contributed by atoms with Crippen LogP contribution in [-0.4, -0.2) is 18.1 Å². The van der Waals surface area contributed by atoms with Crippen molar-refractivity contribution < 1.29 is 4.74 Å². The minimum atomic E-state index is 0.411. The Balaban J connectivity index is 1.74. The maximum absolute atomic E-state index is 5.69. The van der Waals surface area contributed by atoms with Gasteiger partial charge in [0.1, 0.15) is 0 Å². The molecule has 2 N–H and O–H groups in total. The number of aromatic nitrogens is 1. The molecule has 0 saturated heterocycles. The number of ether oxygens (including phenoxy) is 1. The fourth-order valence-electron chi connectivity index (χ4n) is 1.99. The van der Waals surface area contributed by atoms with Gasteiger partial charge < -0.3 is 10.5 Å². The van der Waals surface area contributed by atoms with E-state index in [1.165, 1.54) is 11.1 Å². The van der Waals surface area contributed by atoms with Gasteiger partial charge in [-0.15, -0.1) is 0 Å². The third kappa shape index (κ3) is 4.44. The van der Waals surface area contributed by atoms with Crippen molar-refractivity contribution in [2.24, 2.45) is 5.73 Å². The third-order valence-corrected chi connectivity index (χ3v) is 3.40. The normalized spacial score (nSPS) is 12.3. The Morgan fingerprint density at radius 1 is 1.15 bits per heavy atom. The highest BCUT2D eigenvalue weighted by molar-refractivity contribution is 5.24. The molecule has 0 aliphatic rings. The van der Waals surface area contributed by atoms with Gasteiger partial charge >= 0.3 is 0 Å². The molecule has 1 aromatic carbocycles. The van der Waals surface area contributed by atoms with Crippen LogP contribution in [-0.2, 0) is 17.8 Å². The third-order valence-electron chi connectivity index (χ3n) is 3.40. The number of rotatable bonds is 7. The zero-order valence-electron chi connectivity index (χ0n) is 12.0. The highest BCUT2D eigenvalue weighted by Crippen LogP contribution is 2.14. The summed E-state index contributed by atoms with van der Waals surface area (Å²) in [5.74, 6) is 0.411. The van der Waals surface area contributed by atoms with Crippen LogP contribution < -0.4 is 5.73 Å². The first-order valence-corrected chi connectivity index (χ1v) is 7.06. The second-order valence-corrected chi connectivity index (χ2v) is 5.00. The monoisotopic (exact) mass is 270 g/mol. The first-order valence-electron chi connectivity index (χ1n) is 7.06. The van der Waals surface area contributed by atoms with Crippen LogP contribution in [0.5, 0.6) is 0 Å². The maximum Gasteiger partial charge on any atom is 0.0717 e. The summed E-state index contributed by atoms with van der Waals surface area (Å²) >= 11 is 0. The molecule has 1 atom stereocenters. The van der Waals surface area contributed by atoms with Gasteiger partial charge in [0.15, 0.2) is 0 Å². The van der Waals surface area contributed by atoms with Crippen LogP contribution in [0.15, 0.2) is 48.7 Å². The van der Waals surface area contributed by atoms with Crippen molar-refractivity contribution in [1.82, 2.24) is 4.98 Å². The molecular formula is C17H22N2O. The molecule has 106 valence electrons. The second-order valence-electron chi connectivity index (χ2n) is 5.00. The van der Waals surface area contributed by atoms with E-state index in [2.05, 4.69) is 36.2 Å². The van der Waals surface area contributed by atoms with Gasteiger partial charge in [-0.1, -0.05) is 37.3 Å². The molecule has 0 bridgehead atoms. The Morgan fingerprint density at radius 2 is 1.95 bits per heavy atom. The molecule has 2 rings (SSSR count). The minimum absolute atomic E-state index is 0.411. The molecule has 3 heteroatoms. The van der Waals surface area contributed by atoms with E-state index in [1.807, 2.05) is 24.4 Å². The van der Waals surface area contributed by atoms with E-state index in [4.69, 9.17) is 10.5 Å².